The van der Waals surface area contributed by atoms with Gasteiger partial charge in [0.05, 0.1) is 18.2 Å². The fourth-order valence-corrected chi connectivity index (χ4v) is 3.85. The number of ether oxygens (including phenoxy) is 1. The lowest BCUT2D eigenvalue weighted by atomic mass is 10.0. The first-order valence-corrected chi connectivity index (χ1v) is 9.83. The number of pyridine rings is 1. The van der Waals surface area contributed by atoms with E-state index in [1.807, 2.05) is 61.2 Å². The highest BCUT2D eigenvalue weighted by Crippen LogP contribution is 2.38. The van der Waals surface area contributed by atoms with Gasteiger partial charge in [-0.2, -0.15) is 0 Å². The van der Waals surface area contributed by atoms with Crippen molar-refractivity contribution in [3.63, 3.8) is 0 Å². The van der Waals surface area contributed by atoms with Crippen molar-refractivity contribution < 1.29 is 9.53 Å². The van der Waals surface area contributed by atoms with Crippen LogP contribution >= 0.6 is 0 Å². The van der Waals surface area contributed by atoms with Gasteiger partial charge in [0.15, 0.2) is 0 Å². The van der Waals surface area contributed by atoms with E-state index < -0.39 is 0 Å². The molecule has 1 saturated carbocycles. The van der Waals surface area contributed by atoms with Crippen LogP contribution in [0, 0.1) is 19.8 Å². The van der Waals surface area contributed by atoms with Crippen molar-refractivity contribution in [2.75, 3.05) is 12.0 Å². The molecule has 28 heavy (non-hydrogen) atoms. The van der Waals surface area contributed by atoms with Gasteiger partial charge in [0.2, 0.25) is 0 Å². The van der Waals surface area contributed by atoms with Gasteiger partial charge in [-0.05, 0) is 82.0 Å². The average molecular weight is 374 g/mol. The number of carbonyl (C=O) groups excluding carboxylic acids is 1. The molecule has 1 atom stereocenters. The molecule has 1 unspecified atom stereocenters. The van der Waals surface area contributed by atoms with Gasteiger partial charge < -0.3 is 9.64 Å². The third-order valence-electron chi connectivity index (χ3n) is 5.60. The number of hydrogen-bond acceptors (Lipinski definition) is 3. The first-order chi connectivity index (χ1) is 13.5. The Hall–Kier alpha value is -2.88. The molecule has 4 nitrogen and oxygen atoms in total. The Morgan fingerprint density at radius 3 is 2.46 bits per heavy atom. The molecular formula is C24H26N2O2. The monoisotopic (exact) mass is 374 g/mol. The first-order valence-electron chi connectivity index (χ1n) is 9.83. The van der Waals surface area contributed by atoms with Crippen molar-refractivity contribution in [3.8, 4) is 5.75 Å². The number of aryl methyl sites for hydroxylation is 2. The van der Waals surface area contributed by atoms with Gasteiger partial charge in [-0.25, -0.2) is 0 Å². The Morgan fingerprint density at radius 2 is 1.82 bits per heavy atom. The van der Waals surface area contributed by atoms with E-state index in [0.29, 0.717) is 5.92 Å². The summed E-state index contributed by atoms with van der Waals surface area (Å²) < 4.78 is 5.29. The number of rotatable bonds is 5. The summed E-state index contributed by atoms with van der Waals surface area (Å²) in [5, 5.41) is 0.914. The SMILES string of the molecule is COc1ccc(N(C(=O)c2cc(C)nc3ccc(C)cc23)C(C)C2CC2)cc1. The van der Waals surface area contributed by atoms with Crippen molar-refractivity contribution in [1.29, 1.82) is 0 Å². The summed E-state index contributed by atoms with van der Waals surface area (Å²) in [7, 11) is 1.65. The van der Waals surface area contributed by atoms with Crippen molar-refractivity contribution in [2.24, 2.45) is 5.92 Å². The molecule has 0 aliphatic heterocycles. The third kappa shape index (κ3) is 3.47. The van der Waals surface area contributed by atoms with Crippen LogP contribution in [0.25, 0.3) is 10.9 Å². The third-order valence-corrected chi connectivity index (χ3v) is 5.60. The fraction of sp³-hybridized carbons (Fsp3) is 0.333. The molecule has 0 saturated heterocycles. The quantitative estimate of drug-likeness (QED) is 0.608. The Balaban J connectivity index is 1.83. The van der Waals surface area contributed by atoms with E-state index in [0.717, 1.165) is 39.2 Å². The summed E-state index contributed by atoms with van der Waals surface area (Å²) in [4.78, 5) is 20.4. The van der Waals surface area contributed by atoms with Crippen LogP contribution in [-0.4, -0.2) is 24.0 Å². The van der Waals surface area contributed by atoms with Crippen molar-refractivity contribution in [2.45, 2.75) is 39.7 Å². The number of amides is 1. The number of aromatic nitrogens is 1. The van der Waals surface area contributed by atoms with Crippen LogP contribution in [0.2, 0.25) is 0 Å². The van der Waals surface area contributed by atoms with Crippen LogP contribution in [0.15, 0.2) is 48.5 Å². The van der Waals surface area contributed by atoms with Crippen molar-refractivity contribution in [3.05, 3.63) is 65.4 Å². The Kier molecular flexibility index (Phi) is 4.80. The van der Waals surface area contributed by atoms with Gasteiger partial charge in [-0.1, -0.05) is 11.6 Å². The van der Waals surface area contributed by atoms with E-state index in [1.165, 1.54) is 12.8 Å². The first kappa shape index (κ1) is 18.5. The zero-order valence-corrected chi connectivity index (χ0v) is 16.9. The lowest BCUT2D eigenvalue weighted by Gasteiger charge is -2.30. The van der Waals surface area contributed by atoms with Gasteiger partial charge in [0.1, 0.15) is 5.75 Å². The van der Waals surface area contributed by atoms with Crippen LogP contribution in [0.4, 0.5) is 5.69 Å². The smallest absolute Gasteiger partial charge is 0.259 e. The van der Waals surface area contributed by atoms with Crippen molar-refractivity contribution in [1.82, 2.24) is 4.98 Å². The van der Waals surface area contributed by atoms with E-state index in [1.54, 1.807) is 7.11 Å². The molecule has 1 fully saturated rings. The maximum Gasteiger partial charge on any atom is 0.259 e. The number of fused-ring (bicyclic) bond motifs is 1. The van der Waals surface area contributed by atoms with Gasteiger partial charge in [0.25, 0.3) is 5.91 Å². The molecule has 144 valence electrons. The molecule has 1 heterocycles. The molecule has 4 heteroatoms. The number of nitrogens with zero attached hydrogens (tertiary/aromatic N) is 2. The molecular weight excluding hydrogens is 348 g/mol. The minimum atomic E-state index is 0.0330. The zero-order chi connectivity index (χ0) is 19.8. The van der Waals surface area contributed by atoms with E-state index >= 15 is 0 Å². The number of anilines is 1. The van der Waals surface area contributed by atoms with Gasteiger partial charge in [-0.15, -0.1) is 0 Å². The highest BCUT2D eigenvalue weighted by molar-refractivity contribution is 6.14. The summed E-state index contributed by atoms with van der Waals surface area (Å²) in [6.07, 6.45) is 2.35. The number of hydrogen-bond donors (Lipinski definition) is 0. The molecule has 1 aliphatic rings. The Bertz CT molecular complexity index is 1020. The molecule has 4 rings (SSSR count). The highest BCUT2D eigenvalue weighted by Gasteiger charge is 2.36. The molecule has 1 aliphatic carbocycles. The molecule has 0 radical (unpaired) electrons. The second-order valence-corrected chi connectivity index (χ2v) is 7.78. The summed E-state index contributed by atoms with van der Waals surface area (Å²) in [6, 6.07) is 15.9. The summed E-state index contributed by atoms with van der Waals surface area (Å²) in [5.41, 5.74) is 4.46. The average Bonchev–Trinajstić information content (AvgIpc) is 3.53. The largest absolute Gasteiger partial charge is 0.497 e. The number of carbonyl (C=O) groups is 1. The minimum absolute atomic E-state index is 0.0330. The van der Waals surface area contributed by atoms with Gasteiger partial charge in [-0.3, -0.25) is 9.78 Å². The Labute approximate surface area is 166 Å². The molecule has 3 aromatic rings. The highest BCUT2D eigenvalue weighted by atomic mass is 16.5. The maximum absolute atomic E-state index is 13.8. The second kappa shape index (κ2) is 7.27. The van der Waals surface area contributed by atoms with Crippen LogP contribution in [0.3, 0.4) is 0 Å². The lowest BCUT2D eigenvalue weighted by molar-refractivity contribution is 0.0977. The van der Waals surface area contributed by atoms with E-state index in [9.17, 15) is 4.79 Å². The van der Waals surface area contributed by atoms with Crippen LogP contribution in [0.1, 0.15) is 41.4 Å². The predicted octanol–water partition coefficient (Wildman–Crippen LogP) is 5.31. The van der Waals surface area contributed by atoms with E-state index in [4.69, 9.17) is 4.74 Å². The maximum atomic E-state index is 13.8. The van der Waals surface area contributed by atoms with Crippen LogP contribution in [-0.2, 0) is 0 Å². The second-order valence-electron chi connectivity index (χ2n) is 7.78. The Morgan fingerprint density at radius 1 is 1.11 bits per heavy atom. The minimum Gasteiger partial charge on any atom is -0.497 e. The summed E-state index contributed by atoms with van der Waals surface area (Å²) in [6.45, 7) is 6.14. The summed E-state index contributed by atoms with van der Waals surface area (Å²) in [5.74, 6) is 1.38. The molecule has 0 bridgehead atoms. The van der Waals surface area contributed by atoms with E-state index in [-0.39, 0.29) is 11.9 Å². The number of methoxy groups -OCH3 is 1. The molecule has 0 spiro atoms. The standard InChI is InChI=1S/C24H26N2O2/c1-15-5-12-23-21(13-15)22(14-16(2)25-23)24(27)26(17(3)18-6-7-18)19-8-10-20(28-4)11-9-19/h5,8-14,17-18H,6-7H2,1-4H3. The number of benzene rings is 2. The van der Waals surface area contributed by atoms with Crippen LogP contribution in [0.5, 0.6) is 5.75 Å². The molecule has 1 aromatic heterocycles. The lowest BCUT2D eigenvalue weighted by Crippen LogP contribution is -2.40. The van der Waals surface area contributed by atoms with Gasteiger partial charge >= 0.3 is 0 Å². The zero-order valence-electron chi connectivity index (χ0n) is 16.9. The fourth-order valence-electron chi connectivity index (χ4n) is 3.85. The summed E-state index contributed by atoms with van der Waals surface area (Å²) >= 11 is 0. The van der Waals surface area contributed by atoms with Crippen molar-refractivity contribution >= 4 is 22.5 Å². The normalized spacial score (nSPS) is 14.7. The molecule has 1 amide bonds. The van der Waals surface area contributed by atoms with Gasteiger partial charge in [0, 0.05) is 22.8 Å². The molecule has 2 aromatic carbocycles. The predicted molar refractivity (Wildman–Crippen MR) is 113 cm³/mol. The van der Waals surface area contributed by atoms with Crippen LogP contribution < -0.4 is 9.64 Å². The van der Waals surface area contributed by atoms with E-state index in [2.05, 4.69) is 18.0 Å². The topological polar surface area (TPSA) is 42.4 Å². The molecule has 0 N–H and O–H groups in total.